The maximum Gasteiger partial charge on any atom is 0.277 e. The molecule has 1 amide bonds. The molecule has 2 rings (SSSR count). The van der Waals surface area contributed by atoms with Gasteiger partial charge in [-0.05, 0) is 24.3 Å². The zero-order valence-corrected chi connectivity index (χ0v) is 14.3. The molecule has 132 valence electrons. The molecule has 0 radical (unpaired) electrons. The third-order valence-electron chi connectivity index (χ3n) is 3.24. The number of carbonyl (C=O) groups excluding carboxylic acids is 1. The van der Waals surface area contributed by atoms with Crippen molar-refractivity contribution in [3.63, 3.8) is 0 Å². The number of methoxy groups -OCH3 is 3. The standard InChI is InChI=1S/C18H20N2O5/c1-22-15-10-9-13(17(23-2)18(15)24-3)11-19-20-16(21)12-25-14-7-5-4-6-8-14/h4-11H,12H2,1-3H3,(H,20,21). The van der Waals surface area contributed by atoms with Crippen molar-refractivity contribution in [3.8, 4) is 23.0 Å². The summed E-state index contributed by atoms with van der Waals surface area (Å²) >= 11 is 0. The Morgan fingerprint density at radius 1 is 1.00 bits per heavy atom. The molecule has 0 aliphatic rings. The van der Waals surface area contributed by atoms with Gasteiger partial charge in [-0.2, -0.15) is 5.10 Å². The van der Waals surface area contributed by atoms with E-state index < -0.39 is 0 Å². The maximum absolute atomic E-state index is 11.8. The summed E-state index contributed by atoms with van der Waals surface area (Å²) in [7, 11) is 4.57. The number of ether oxygens (including phenoxy) is 4. The molecule has 7 heteroatoms. The van der Waals surface area contributed by atoms with E-state index >= 15 is 0 Å². The predicted molar refractivity (Wildman–Crippen MR) is 93.8 cm³/mol. The molecule has 0 spiro atoms. The van der Waals surface area contributed by atoms with Crippen LogP contribution in [0.4, 0.5) is 0 Å². The van der Waals surface area contributed by atoms with E-state index in [0.717, 1.165) is 0 Å². The molecule has 0 aliphatic carbocycles. The first-order valence-electron chi connectivity index (χ1n) is 7.48. The Morgan fingerprint density at radius 3 is 2.36 bits per heavy atom. The highest BCUT2D eigenvalue weighted by atomic mass is 16.5. The highest BCUT2D eigenvalue weighted by Crippen LogP contribution is 2.38. The third-order valence-corrected chi connectivity index (χ3v) is 3.24. The number of benzene rings is 2. The Morgan fingerprint density at radius 2 is 1.72 bits per heavy atom. The molecule has 0 unspecified atom stereocenters. The lowest BCUT2D eigenvalue weighted by atomic mass is 10.2. The largest absolute Gasteiger partial charge is 0.493 e. The molecule has 2 aromatic carbocycles. The Balaban J connectivity index is 1.98. The molecule has 0 heterocycles. The number of carbonyl (C=O) groups is 1. The Bertz CT molecular complexity index is 732. The van der Waals surface area contributed by atoms with Gasteiger partial charge in [0.2, 0.25) is 5.75 Å². The van der Waals surface area contributed by atoms with E-state index in [1.54, 1.807) is 24.3 Å². The first-order valence-corrected chi connectivity index (χ1v) is 7.48. The molecular weight excluding hydrogens is 324 g/mol. The van der Waals surface area contributed by atoms with Gasteiger partial charge in [0.1, 0.15) is 5.75 Å². The lowest BCUT2D eigenvalue weighted by molar-refractivity contribution is -0.123. The molecule has 1 N–H and O–H groups in total. The zero-order chi connectivity index (χ0) is 18.1. The summed E-state index contributed by atoms with van der Waals surface area (Å²) in [5.41, 5.74) is 3.03. The molecule has 7 nitrogen and oxygen atoms in total. The summed E-state index contributed by atoms with van der Waals surface area (Å²) in [6, 6.07) is 12.5. The molecule has 0 saturated carbocycles. The fraction of sp³-hybridized carbons (Fsp3) is 0.222. The number of nitrogens with zero attached hydrogens (tertiary/aromatic N) is 1. The van der Waals surface area contributed by atoms with E-state index in [2.05, 4.69) is 10.5 Å². The Kier molecular flexibility index (Phi) is 6.65. The SMILES string of the molecule is COc1ccc(C=NNC(=O)COc2ccccc2)c(OC)c1OC. The van der Waals surface area contributed by atoms with Crippen molar-refractivity contribution < 1.29 is 23.7 Å². The van der Waals surface area contributed by atoms with Gasteiger partial charge in [-0.3, -0.25) is 4.79 Å². The van der Waals surface area contributed by atoms with Crippen LogP contribution in [0.25, 0.3) is 0 Å². The molecule has 25 heavy (non-hydrogen) atoms. The van der Waals surface area contributed by atoms with Gasteiger partial charge in [-0.15, -0.1) is 0 Å². The number of para-hydroxylation sites is 1. The number of hydrogen-bond acceptors (Lipinski definition) is 6. The van der Waals surface area contributed by atoms with E-state index in [4.69, 9.17) is 18.9 Å². The average molecular weight is 344 g/mol. The fourth-order valence-electron chi connectivity index (χ4n) is 2.10. The fourth-order valence-corrected chi connectivity index (χ4v) is 2.10. The number of hydrazone groups is 1. The minimum absolute atomic E-state index is 0.135. The second-order valence-corrected chi connectivity index (χ2v) is 4.82. The number of amides is 1. The van der Waals surface area contributed by atoms with Gasteiger partial charge in [0.15, 0.2) is 18.1 Å². The molecule has 0 aliphatic heterocycles. The van der Waals surface area contributed by atoms with Crippen molar-refractivity contribution in [1.29, 1.82) is 0 Å². The Labute approximate surface area is 146 Å². The van der Waals surface area contributed by atoms with Gasteiger partial charge in [-0.25, -0.2) is 5.43 Å². The monoisotopic (exact) mass is 344 g/mol. The van der Waals surface area contributed by atoms with Crippen LogP contribution in [0.3, 0.4) is 0 Å². The first kappa shape index (κ1) is 18.1. The van der Waals surface area contributed by atoms with E-state index in [1.165, 1.54) is 27.5 Å². The summed E-state index contributed by atoms with van der Waals surface area (Å²) in [6.07, 6.45) is 1.46. The summed E-state index contributed by atoms with van der Waals surface area (Å²) < 4.78 is 21.2. The van der Waals surface area contributed by atoms with E-state index in [9.17, 15) is 4.79 Å². The van der Waals surface area contributed by atoms with Crippen LogP contribution < -0.4 is 24.4 Å². The molecule has 0 saturated heterocycles. The third kappa shape index (κ3) is 4.87. The van der Waals surface area contributed by atoms with Crippen LogP contribution in [0.5, 0.6) is 23.0 Å². The van der Waals surface area contributed by atoms with Crippen LogP contribution in [0, 0.1) is 0 Å². The normalized spacial score (nSPS) is 10.4. The van der Waals surface area contributed by atoms with Gasteiger partial charge in [0.05, 0.1) is 27.5 Å². The predicted octanol–water partition coefficient (Wildman–Crippen LogP) is 2.24. The van der Waals surface area contributed by atoms with Gasteiger partial charge in [0, 0.05) is 5.56 Å². The maximum atomic E-state index is 11.8. The van der Waals surface area contributed by atoms with Crippen LogP contribution in [-0.4, -0.2) is 40.1 Å². The smallest absolute Gasteiger partial charge is 0.277 e. The summed E-state index contributed by atoms with van der Waals surface area (Å²) in [5.74, 6) is 1.69. The molecule has 0 bridgehead atoms. The highest BCUT2D eigenvalue weighted by Gasteiger charge is 2.14. The lowest BCUT2D eigenvalue weighted by Crippen LogP contribution is -2.24. The zero-order valence-electron chi connectivity index (χ0n) is 14.3. The second-order valence-electron chi connectivity index (χ2n) is 4.82. The first-order chi connectivity index (χ1) is 12.2. The van der Waals surface area contributed by atoms with Crippen LogP contribution in [-0.2, 0) is 4.79 Å². The molecular formula is C18H20N2O5. The molecule has 0 fully saturated rings. The number of rotatable bonds is 8. The van der Waals surface area contributed by atoms with E-state index in [0.29, 0.717) is 28.6 Å². The van der Waals surface area contributed by atoms with Gasteiger partial charge in [-0.1, -0.05) is 18.2 Å². The van der Waals surface area contributed by atoms with Crippen molar-refractivity contribution in [2.75, 3.05) is 27.9 Å². The molecule has 2 aromatic rings. The van der Waals surface area contributed by atoms with Gasteiger partial charge in [0.25, 0.3) is 5.91 Å². The quantitative estimate of drug-likeness (QED) is 0.587. The minimum Gasteiger partial charge on any atom is -0.493 e. The number of hydrogen-bond donors (Lipinski definition) is 1. The Hall–Kier alpha value is -3.22. The highest BCUT2D eigenvalue weighted by molar-refractivity contribution is 5.87. The summed E-state index contributed by atoms with van der Waals surface area (Å²) in [4.78, 5) is 11.8. The van der Waals surface area contributed by atoms with Crippen LogP contribution in [0.2, 0.25) is 0 Å². The summed E-state index contributed by atoms with van der Waals surface area (Å²) in [5, 5.41) is 3.91. The number of nitrogens with one attached hydrogen (secondary N) is 1. The molecule has 0 atom stereocenters. The van der Waals surface area contributed by atoms with Crippen molar-refractivity contribution in [3.05, 3.63) is 48.0 Å². The van der Waals surface area contributed by atoms with Crippen LogP contribution in [0.1, 0.15) is 5.56 Å². The van der Waals surface area contributed by atoms with Crippen LogP contribution >= 0.6 is 0 Å². The van der Waals surface area contributed by atoms with Crippen molar-refractivity contribution >= 4 is 12.1 Å². The van der Waals surface area contributed by atoms with Crippen molar-refractivity contribution in [2.45, 2.75) is 0 Å². The van der Waals surface area contributed by atoms with Gasteiger partial charge < -0.3 is 18.9 Å². The van der Waals surface area contributed by atoms with Crippen LogP contribution in [0.15, 0.2) is 47.6 Å². The second kappa shape index (κ2) is 9.17. The topological polar surface area (TPSA) is 78.4 Å². The van der Waals surface area contributed by atoms with Crippen molar-refractivity contribution in [2.24, 2.45) is 5.10 Å². The van der Waals surface area contributed by atoms with Crippen molar-refractivity contribution in [1.82, 2.24) is 5.43 Å². The van der Waals surface area contributed by atoms with E-state index in [-0.39, 0.29) is 12.5 Å². The van der Waals surface area contributed by atoms with E-state index in [1.807, 2.05) is 18.2 Å². The average Bonchev–Trinajstić information content (AvgIpc) is 2.66. The van der Waals surface area contributed by atoms with Gasteiger partial charge >= 0.3 is 0 Å². The minimum atomic E-state index is -0.375. The molecule has 0 aromatic heterocycles. The lowest BCUT2D eigenvalue weighted by Gasteiger charge is -2.13. The summed E-state index contributed by atoms with van der Waals surface area (Å²) in [6.45, 7) is -0.135.